The number of rotatable bonds is 3. The van der Waals surface area contributed by atoms with Crippen molar-refractivity contribution in [2.75, 3.05) is 5.32 Å². The van der Waals surface area contributed by atoms with Crippen molar-refractivity contribution < 1.29 is 5.11 Å². The molecule has 2 atom stereocenters. The predicted octanol–water partition coefficient (Wildman–Crippen LogP) is 2.58. The summed E-state index contributed by atoms with van der Waals surface area (Å²) in [6.45, 7) is 4.12. The number of aliphatic hydroxyl groups is 1. The van der Waals surface area contributed by atoms with E-state index in [9.17, 15) is 5.11 Å². The zero-order chi connectivity index (χ0) is 12.9. The van der Waals surface area contributed by atoms with Gasteiger partial charge in [-0.1, -0.05) is 25.4 Å². The topological polar surface area (TPSA) is 58.0 Å². The molecule has 2 aliphatic rings. The van der Waals surface area contributed by atoms with Crippen LogP contribution in [0.1, 0.15) is 44.9 Å². The minimum absolute atomic E-state index is 0.114. The van der Waals surface area contributed by atoms with Gasteiger partial charge in [-0.05, 0) is 19.3 Å². The largest absolute Gasteiger partial charge is 0.392 e. The Kier molecular flexibility index (Phi) is 2.75. The maximum atomic E-state index is 9.73. The van der Waals surface area contributed by atoms with Gasteiger partial charge in [-0.15, -0.1) is 0 Å². The summed E-state index contributed by atoms with van der Waals surface area (Å²) in [4.78, 5) is 8.78. The van der Waals surface area contributed by atoms with Crippen LogP contribution in [0, 0.1) is 5.41 Å². The van der Waals surface area contributed by atoms with Gasteiger partial charge in [0.25, 0.3) is 0 Å². The number of anilines is 1. The summed E-state index contributed by atoms with van der Waals surface area (Å²) in [5.41, 5.74) is -0.114. The van der Waals surface area contributed by atoms with Crippen LogP contribution in [0.15, 0.2) is 6.07 Å². The van der Waals surface area contributed by atoms with Crippen molar-refractivity contribution in [1.29, 1.82) is 0 Å². The van der Waals surface area contributed by atoms with Crippen LogP contribution < -0.4 is 5.32 Å². The second kappa shape index (κ2) is 4.07. The predicted molar refractivity (Wildman–Crippen MR) is 70.8 cm³/mol. The van der Waals surface area contributed by atoms with Crippen molar-refractivity contribution in [3.63, 3.8) is 0 Å². The molecule has 0 aromatic carbocycles. The molecule has 1 aromatic rings. The van der Waals surface area contributed by atoms with Gasteiger partial charge >= 0.3 is 0 Å². The molecule has 0 aliphatic heterocycles. The zero-order valence-electron chi connectivity index (χ0n) is 10.7. The normalized spacial score (nSPS) is 29.8. The SMILES string of the molecule is CC1(C)C(O)CC1Nc1cc(Cl)nc(C2CC2)n1. The van der Waals surface area contributed by atoms with Crippen molar-refractivity contribution >= 4 is 17.4 Å². The summed E-state index contributed by atoms with van der Waals surface area (Å²) in [7, 11) is 0. The molecule has 0 spiro atoms. The van der Waals surface area contributed by atoms with Gasteiger partial charge in [0, 0.05) is 23.4 Å². The van der Waals surface area contributed by atoms with Crippen LogP contribution in [0.4, 0.5) is 5.82 Å². The van der Waals surface area contributed by atoms with Crippen LogP contribution in [0.2, 0.25) is 5.15 Å². The van der Waals surface area contributed by atoms with E-state index in [-0.39, 0.29) is 17.6 Å². The Morgan fingerprint density at radius 2 is 2.11 bits per heavy atom. The van der Waals surface area contributed by atoms with E-state index in [2.05, 4.69) is 29.1 Å². The van der Waals surface area contributed by atoms with E-state index >= 15 is 0 Å². The smallest absolute Gasteiger partial charge is 0.135 e. The Labute approximate surface area is 112 Å². The van der Waals surface area contributed by atoms with E-state index in [0.29, 0.717) is 11.1 Å². The van der Waals surface area contributed by atoms with Crippen molar-refractivity contribution in [3.8, 4) is 0 Å². The van der Waals surface area contributed by atoms with Crippen LogP contribution in [0.5, 0.6) is 0 Å². The quantitative estimate of drug-likeness (QED) is 0.827. The molecule has 1 aromatic heterocycles. The number of aliphatic hydroxyl groups excluding tert-OH is 1. The van der Waals surface area contributed by atoms with E-state index in [4.69, 9.17) is 11.6 Å². The van der Waals surface area contributed by atoms with Crippen LogP contribution in [-0.4, -0.2) is 27.2 Å². The standard InChI is InChI=1S/C13H18ClN3O/c1-13(2)8(5-9(13)18)15-11-6-10(14)16-12(17-11)7-3-4-7/h6-9,18H,3-5H2,1-2H3,(H,15,16,17). The summed E-state index contributed by atoms with van der Waals surface area (Å²) in [5, 5.41) is 13.6. The maximum Gasteiger partial charge on any atom is 0.135 e. The Balaban J connectivity index is 1.76. The van der Waals surface area contributed by atoms with Gasteiger partial charge in [-0.2, -0.15) is 0 Å². The third kappa shape index (κ3) is 2.08. The molecule has 2 saturated carbocycles. The molecule has 3 rings (SSSR count). The lowest BCUT2D eigenvalue weighted by molar-refractivity contribution is -0.0511. The van der Waals surface area contributed by atoms with E-state index in [1.165, 1.54) is 0 Å². The fourth-order valence-electron chi connectivity index (χ4n) is 2.36. The molecule has 18 heavy (non-hydrogen) atoms. The Morgan fingerprint density at radius 1 is 1.39 bits per heavy atom. The van der Waals surface area contributed by atoms with Crippen molar-refractivity contribution in [3.05, 3.63) is 17.0 Å². The second-order valence-electron chi connectivity index (χ2n) is 5.98. The number of aromatic nitrogens is 2. The summed E-state index contributed by atoms with van der Waals surface area (Å²) < 4.78 is 0. The molecule has 2 N–H and O–H groups in total. The van der Waals surface area contributed by atoms with Crippen LogP contribution >= 0.6 is 11.6 Å². The van der Waals surface area contributed by atoms with Crippen molar-refractivity contribution in [1.82, 2.24) is 9.97 Å². The third-order valence-corrected chi connectivity index (χ3v) is 4.39. The van der Waals surface area contributed by atoms with Gasteiger partial charge in [0.15, 0.2) is 0 Å². The molecule has 2 fully saturated rings. The third-order valence-electron chi connectivity index (χ3n) is 4.19. The van der Waals surface area contributed by atoms with E-state index < -0.39 is 0 Å². The highest BCUT2D eigenvalue weighted by molar-refractivity contribution is 6.29. The lowest BCUT2D eigenvalue weighted by Crippen LogP contribution is -2.57. The highest BCUT2D eigenvalue weighted by Crippen LogP contribution is 2.43. The number of hydrogen-bond acceptors (Lipinski definition) is 4. The van der Waals surface area contributed by atoms with Gasteiger partial charge in [0.2, 0.25) is 0 Å². The number of nitrogens with one attached hydrogen (secondary N) is 1. The fraction of sp³-hybridized carbons (Fsp3) is 0.692. The average Bonchev–Trinajstić information content (AvgIpc) is 3.11. The van der Waals surface area contributed by atoms with Crippen molar-refractivity contribution in [2.24, 2.45) is 5.41 Å². The van der Waals surface area contributed by atoms with E-state index in [1.807, 2.05) is 0 Å². The summed E-state index contributed by atoms with van der Waals surface area (Å²) in [6, 6.07) is 2.00. The fourth-order valence-corrected chi connectivity index (χ4v) is 2.55. The molecular formula is C13H18ClN3O. The molecule has 4 nitrogen and oxygen atoms in total. The first kappa shape index (κ1) is 12.2. The van der Waals surface area contributed by atoms with Crippen LogP contribution in [0.25, 0.3) is 0 Å². The number of halogens is 1. The summed E-state index contributed by atoms with van der Waals surface area (Å²) in [6.07, 6.45) is 2.84. The second-order valence-corrected chi connectivity index (χ2v) is 6.37. The van der Waals surface area contributed by atoms with Gasteiger partial charge in [-0.25, -0.2) is 9.97 Å². The molecular weight excluding hydrogens is 250 g/mol. The van der Waals surface area contributed by atoms with E-state index in [0.717, 1.165) is 30.9 Å². The Hall–Kier alpha value is -0.870. The molecule has 98 valence electrons. The van der Waals surface area contributed by atoms with Gasteiger partial charge in [-0.3, -0.25) is 0 Å². The Morgan fingerprint density at radius 3 is 2.67 bits per heavy atom. The molecule has 0 bridgehead atoms. The maximum absolute atomic E-state index is 9.73. The van der Waals surface area contributed by atoms with Crippen molar-refractivity contribution in [2.45, 2.75) is 51.2 Å². The summed E-state index contributed by atoms with van der Waals surface area (Å²) >= 11 is 6.03. The van der Waals surface area contributed by atoms with Crippen LogP contribution in [0.3, 0.4) is 0 Å². The summed E-state index contributed by atoms with van der Waals surface area (Å²) in [5.74, 6) is 2.12. The monoisotopic (exact) mass is 267 g/mol. The highest BCUT2D eigenvalue weighted by Gasteiger charge is 2.47. The van der Waals surface area contributed by atoms with Gasteiger partial charge in [0.05, 0.1) is 6.10 Å². The molecule has 0 saturated heterocycles. The van der Waals surface area contributed by atoms with Gasteiger partial charge in [0.1, 0.15) is 16.8 Å². The molecule has 5 heteroatoms. The molecule has 1 heterocycles. The lowest BCUT2D eigenvalue weighted by atomic mass is 9.64. The number of nitrogens with zero attached hydrogens (tertiary/aromatic N) is 2. The molecule has 0 radical (unpaired) electrons. The first-order chi connectivity index (χ1) is 8.46. The van der Waals surface area contributed by atoms with Crippen LogP contribution in [-0.2, 0) is 0 Å². The molecule has 2 aliphatic carbocycles. The molecule has 2 unspecified atom stereocenters. The lowest BCUT2D eigenvalue weighted by Gasteiger charge is -2.49. The van der Waals surface area contributed by atoms with Gasteiger partial charge < -0.3 is 10.4 Å². The molecule has 0 amide bonds. The highest BCUT2D eigenvalue weighted by atomic mass is 35.5. The first-order valence-corrected chi connectivity index (χ1v) is 6.83. The number of hydrogen-bond donors (Lipinski definition) is 2. The minimum atomic E-state index is -0.241. The average molecular weight is 268 g/mol. The van der Waals surface area contributed by atoms with E-state index in [1.54, 1.807) is 6.07 Å². The Bertz CT molecular complexity index is 473. The minimum Gasteiger partial charge on any atom is -0.392 e. The zero-order valence-corrected chi connectivity index (χ0v) is 11.4. The first-order valence-electron chi connectivity index (χ1n) is 6.46.